The lowest BCUT2D eigenvalue weighted by Gasteiger charge is -2.24. The number of rotatable bonds is 5. The summed E-state index contributed by atoms with van der Waals surface area (Å²) in [5, 5.41) is 8.28. The summed E-state index contributed by atoms with van der Waals surface area (Å²) in [5.74, 6) is 0.867. The van der Waals surface area contributed by atoms with Crippen LogP contribution in [0.15, 0.2) is 61.1 Å². The number of H-pyrrole nitrogens is 1. The largest absolute Gasteiger partial charge is 0.437 e. The maximum atomic E-state index is 13.5. The second-order valence-corrected chi connectivity index (χ2v) is 8.24. The topological polar surface area (TPSA) is 93.2 Å². The standard InChI is InChI=1S/C25H25N5O3/c1-17-7-8-20(13-27-17)33-24-21(5-3-9-26-24)25(31)30-10-11-32-16-18(15-30)12-19-4-2-6-23-22(19)14-28-29-23/h2-9,13-14,18H,10-12,15-16H2,1H3,(H,28,29)/t18-/m1/s1. The van der Waals surface area contributed by atoms with Crippen molar-refractivity contribution in [2.75, 3.05) is 26.3 Å². The minimum absolute atomic E-state index is 0.116. The molecule has 33 heavy (non-hydrogen) atoms. The van der Waals surface area contributed by atoms with Crippen molar-refractivity contribution in [3.8, 4) is 11.6 Å². The first-order valence-electron chi connectivity index (χ1n) is 11.0. The van der Waals surface area contributed by atoms with Crippen molar-refractivity contribution in [2.45, 2.75) is 13.3 Å². The summed E-state index contributed by atoms with van der Waals surface area (Å²) in [7, 11) is 0. The van der Waals surface area contributed by atoms with Crippen molar-refractivity contribution in [1.29, 1.82) is 0 Å². The smallest absolute Gasteiger partial charge is 0.259 e. The van der Waals surface area contributed by atoms with Crippen LogP contribution in [0.25, 0.3) is 10.9 Å². The van der Waals surface area contributed by atoms with Crippen LogP contribution in [0.3, 0.4) is 0 Å². The fourth-order valence-corrected chi connectivity index (χ4v) is 4.14. The zero-order chi connectivity index (χ0) is 22.6. The van der Waals surface area contributed by atoms with E-state index in [0.29, 0.717) is 37.6 Å². The zero-order valence-electron chi connectivity index (χ0n) is 18.4. The van der Waals surface area contributed by atoms with Crippen LogP contribution in [-0.4, -0.2) is 57.3 Å². The number of amides is 1. The van der Waals surface area contributed by atoms with E-state index in [4.69, 9.17) is 9.47 Å². The van der Waals surface area contributed by atoms with Gasteiger partial charge in [-0.05, 0) is 49.2 Å². The summed E-state index contributed by atoms with van der Waals surface area (Å²) in [6.07, 6.45) is 5.90. The Kier molecular flexibility index (Phi) is 5.99. The number of carbonyl (C=O) groups excluding carboxylic acids is 1. The van der Waals surface area contributed by atoms with Crippen molar-refractivity contribution >= 4 is 16.8 Å². The normalized spacial score (nSPS) is 16.5. The quantitative estimate of drug-likeness (QED) is 0.505. The summed E-state index contributed by atoms with van der Waals surface area (Å²) in [6, 6.07) is 13.3. The van der Waals surface area contributed by atoms with Gasteiger partial charge in [0.15, 0.2) is 0 Å². The molecular formula is C25H25N5O3. The maximum Gasteiger partial charge on any atom is 0.259 e. The summed E-state index contributed by atoms with van der Waals surface area (Å²) in [6.45, 7) is 4.11. The molecule has 0 bridgehead atoms. The van der Waals surface area contributed by atoms with Gasteiger partial charge in [0, 0.05) is 36.3 Å². The molecule has 0 spiro atoms. The highest BCUT2D eigenvalue weighted by atomic mass is 16.5. The fourth-order valence-electron chi connectivity index (χ4n) is 4.14. The molecule has 8 heteroatoms. The van der Waals surface area contributed by atoms with Crippen LogP contribution in [0.5, 0.6) is 11.6 Å². The number of aryl methyl sites for hydroxylation is 1. The van der Waals surface area contributed by atoms with E-state index < -0.39 is 0 Å². The molecule has 1 amide bonds. The molecule has 3 aromatic heterocycles. The average molecular weight is 444 g/mol. The first-order chi connectivity index (χ1) is 16.2. The van der Waals surface area contributed by atoms with Gasteiger partial charge >= 0.3 is 0 Å². The number of benzene rings is 1. The molecule has 0 aliphatic carbocycles. The molecule has 1 N–H and O–H groups in total. The second kappa shape index (κ2) is 9.38. The van der Waals surface area contributed by atoms with Crippen LogP contribution in [0.4, 0.5) is 0 Å². The Labute approximate surface area is 191 Å². The lowest BCUT2D eigenvalue weighted by molar-refractivity contribution is 0.0734. The molecule has 168 valence electrons. The number of aromatic amines is 1. The van der Waals surface area contributed by atoms with Crippen molar-refractivity contribution in [1.82, 2.24) is 25.1 Å². The summed E-state index contributed by atoms with van der Waals surface area (Å²) in [4.78, 5) is 23.9. The minimum Gasteiger partial charge on any atom is -0.437 e. The summed E-state index contributed by atoms with van der Waals surface area (Å²) < 4.78 is 11.8. The Hall–Kier alpha value is -3.78. The average Bonchev–Trinajstić information content (AvgIpc) is 3.20. The van der Waals surface area contributed by atoms with Gasteiger partial charge < -0.3 is 14.4 Å². The number of pyridine rings is 2. The van der Waals surface area contributed by atoms with Crippen molar-refractivity contribution < 1.29 is 14.3 Å². The molecule has 1 aromatic carbocycles. The number of hydrogen-bond donors (Lipinski definition) is 1. The van der Waals surface area contributed by atoms with E-state index in [1.165, 1.54) is 5.56 Å². The van der Waals surface area contributed by atoms with Gasteiger partial charge in [0.2, 0.25) is 5.88 Å². The zero-order valence-corrected chi connectivity index (χ0v) is 18.4. The van der Waals surface area contributed by atoms with Crippen LogP contribution < -0.4 is 4.74 Å². The fraction of sp³-hybridized carbons (Fsp3) is 0.280. The first kappa shape index (κ1) is 21.1. The molecule has 0 radical (unpaired) electrons. The van der Waals surface area contributed by atoms with Crippen molar-refractivity contribution in [2.24, 2.45) is 5.92 Å². The molecule has 1 saturated heterocycles. The van der Waals surface area contributed by atoms with Gasteiger partial charge in [-0.1, -0.05) is 12.1 Å². The van der Waals surface area contributed by atoms with Crippen molar-refractivity contribution in [3.05, 3.63) is 77.9 Å². The highest BCUT2D eigenvalue weighted by molar-refractivity contribution is 5.96. The van der Waals surface area contributed by atoms with E-state index >= 15 is 0 Å². The van der Waals surface area contributed by atoms with Gasteiger partial charge in [0.25, 0.3) is 5.91 Å². The van der Waals surface area contributed by atoms with Gasteiger partial charge in [0.1, 0.15) is 11.3 Å². The van der Waals surface area contributed by atoms with E-state index in [0.717, 1.165) is 23.0 Å². The summed E-state index contributed by atoms with van der Waals surface area (Å²) >= 11 is 0. The molecule has 0 unspecified atom stereocenters. The molecular weight excluding hydrogens is 418 g/mol. The molecule has 0 saturated carbocycles. The Morgan fingerprint density at radius 2 is 2.12 bits per heavy atom. The Bertz CT molecular complexity index is 1250. The minimum atomic E-state index is -0.116. The molecule has 1 atom stereocenters. The van der Waals surface area contributed by atoms with E-state index in [1.54, 1.807) is 24.5 Å². The Morgan fingerprint density at radius 3 is 3.00 bits per heavy atom. The highest BCUT2D eigenvalue weighted by Crippen LogP contribution is 2.26. The molecule has 1 fully saturated rings. The van der Waals surface area contributed by atoms with Crippen LogP contribution in [0.2, 0.25) is 0 Å². The molecule has 4 heterocycles. The predicted octanol–water partition coefficient (Wildman–Crippen LogP) is 3.78. The number of nitrogens with one attached hydrogen (secondary N) is 1. The molecule has 5 rings (SSSR count). The molecule has 1 aliphatic rings. The van der Waals surface area contributed by atoms with Crippen LogP contribution >= 0.6 is 0 Å². The summed E-state index contributed by atoms with van der Waals surface area (Å²) in [5.41, 5.74) is 3.52. The molecule has 1 aliphatic heterocycles. The predicted molar refractivity (Wildman–Crippen MR) is 123 cm³/mol. The van der Waals surface area contributed by atoms with Crippen molar-refractivity contribution in [3.63, 3.8) is 0 Å². The number of carbonyl (C=O) groups is 1. The molecule has 4 aromatic rings. The van der Waals surface area contributed by atoms with Gasteiger partial charge in [-0.25, -0.2) is 4.98 Å². The van der Waals surface area contributed by atoms with Gasteiger partial charge in [-0.3, -0.25) is 14.9 Å². The third kappa shape index (κ3) is 4.70. The van der Waals surface area contributed by atoms with E-state index in [1.807, 2.05) is 42.3 Å². The van der Waals surface area contributed by atoms with Gasteiger partial charge in [-0.2, -0.15) is 5.10 Å². The Balaban J connectivity index is 1.35. The number of aromatic nitrogens is 4. The lowest BCUT2D eigenvalue weighted by Crippen LogP contribution is -2.36. The Morgan fingerprint density at radius 1 is 1.18 bits per heavy atom. The van der Waals surface area contributed by atoms with Gasteiger partial charge in [-0.15, -0.1) is 0 Å². The third-order valence-electron chi connectivity index (χ3n) is 5.81. The van der Waals surface area contributed by atoms with Gasteiger partial charge in [0.05, 0.1) is 31.1 Å². The number of nitrogens with zero attached hydrogens (tertiary/aromatic N) is 4. The lowest BCUT2D eigenvalue weighted by atomic mass is 9.97. The second-order valence-electron chi connectivity index (χ2n) is 8.24. The van der Waals surface area contributed by atoms with E-state index in [-0.39, 0.29) is 17.7 Å². The monoisotopic (exact) mass is 443 g/mol. The number of hydrogen-bond acceptors (Lipinski definition) is 6. The van der Waals surface area contributed by atoms with Crippen LogP contribution in [-0.2, 0) is 11.2 Å². The number of fused-ring (bicyclic) bond motifs is 1. The maximum absolute atomic E-state index is 13.5. The van der Waals surface area contributed by atoms with E-state index in [9.17, 15) is 4.79 Å². The van der Waals surface area contributed by atoms with E-state index in [2.05, 4.69) is 26.2 Å². The number of ether oxygens (including phenoxy) is 2. The van der Waals surface area contributed by atoms with Crippen LogP contribution in [0, 0.1) is 12.8 Å². The highest BCUT2D eigenvalue weighted by Gasteiger charge is 2.26. The SMILES string of the molecule is Cc1ccc(Oc2ncccc2C(=O)N2CCOC[C@H](Cc3cccc4[nH]ncc34)C2)cn1. The van der Waals surface area contributed by atoms with Crippen LogP contribution in [0.1, 0.15) is 21.6 Å². The third-order valence-corrected chi connectivity index (χ3v) is 5.81. The molecule has 8 nitrogen and oxygen atoms in total. The first-order valence-corrected chi connectivity index (χ1v) is 11.0.